The lowest BCUT2D eigenvalue weighted by Gasteiger charge is -2.72. The van der Waals surface area contributed by atoms with Gasteiger partial charge in [-0.1, -0.05) is 65.0 Å². The second kappa shape index (κ2) is 10.5. The van der Waals surface area contributed by atoms with Crippen LogP contribution in [0, 0.1) is 56.7 Å². The fourth-order valence-electron chi connectivity index (χ4n) is 13.1. The number of aliphatic hydroxyl groups excluding tert-OH is 1. The third-order valence-corrected chi connectivity index (χ3v) is 15.7. The molecule has 248 valence electrons. The molecule has 6 aliphatic rings. The zero-order valence-electron chi connectivity index (χ0n) is 28.5. The van der Waals surface area contributed by atoms with Crippen molar-refractivity contribution in [2.24, 2.45) is 56.7 Å². The minimum Gasteiger partial charge on any atom is -0.463 e. The van der Waals surface area contributed by atoms with Crippen molar-refractivity contribution in [3.05, 3.63) is 35.9 Å². The third-order valence-electron chi connectivity index (χ3n) is 15.7. The molecule has 1 N–H and O–H groups in total. The van der Waals surface area contributed by atoms with E-state index in [9.17, 15) is 14.7 Å². The summed E-state index contributed by atoms with van der Waals surface area (Å²) in [6.45, 7) is 15.0. The van der Waals surface area contributed by atoms with E-state index in [4.69, 9.17) is 14.2 Å². The maximum Gasteiger partial charge on any atom is 0.312 e. The van der Waals surface area contributed by atoms with Crippen LogP contribution in [0.25, 0.3) is 0 Å². The molecular weight excluding hydrogens is 564 g/mol. The highest BCUT2D eigenvalue weighted by molar-refractivity contribution is 5.78. The van der Waals surface area contributed by atoms with Crippen LogP contribution in [-0.4, -0.2) is 42.0 Å². The van der Waals surface area contributed by atoms with Crippen molar-refractivity contribution in [1.82, 2.24) is 0 Å². The molecule has 0 amide bonds. The molecule has 1 aromatic carbocycles. The van der Waals surface area contributed by atoms with E-state index >= 15 is 0 Å². The van der Waals surface area contributed by atoms with Gasteiger partial charge in [-0.15, -0.1) is 0 Å². The molecule has 7 rings (SSSR count). The van der Waals surface area contributed by atoms with E-state index in [0.717, 1.165) is 56.9 Å². The fourth-order valence-corrected chi connectivity index (χ4v) is 13.1. The van der Waals surface area contributed by atoms with Gasteiger partial charge in [-0.3, -0.25) is 9.59 Å². The number of ether oxygens (including phenoxy) is 3. The van der Waals surface area contributed by atoms with Crippen LogP contribution in [0.4, 0.5) is 0 Å². The Morgan fingerprint density at radius 1 is 0.822 bits per heavy atom. The van der Waals surface area contributed by atoms with Crippen molar-refractivity contribution in [2.75, 3.05) is 13.2 Å². The predicted octanol–water partition coefficient (Wildman–Crippen LogP) is 7.50. The SMILES string of the molecule is CC(=O)OCC1([C@@H]2CC[C@]3(C(=O)OCc4ccccc4)CC[C@]4(C)C(CCC5[C@@]6(C)CC[C@@H](O)C(C)(C)C6CC[C@]54C)C23)CO1. The summed E-state index contributed by atoms with van der Waals surface area (Å²) in [5.74, 6) is 1.51. The van der Waals surface area contributed by atoms with Crippen LogP contribution in [0.2, 0.25) is 0 Å². The monoisotopic (exact) mass is 620 g/mol. The second-order valence-electron chi connectivity index (χ2n) is 17.6. The van der Waals surface area contributed by atoms with E-state index in [1.165, 1.54) is 19.8 Å². The first-order valence-corrected chi connectivity index (χ1v) is 17.9. The molecule has 1 aromatic rings. The third kappa shape index (κ3) is 4.46. The summed E-state index contributed by atoms with van der Waals surface area (Å²) < 4.78 is 18.1. The summed E-state index contributed by atoms with van der Waals surface area (Å²) in [6.07, 6.45) is 10.0. The van der Waals surface area contributed by atoms with E-state index in [0.29, 0.717) is 31.0 Å². The van der Waals surface area contributed by atoms with Gasteiger partial charge in [-0.05, 0) is 121 Å². The molecule has 1 saturated heterocycles. The molecule has 5 unspecified atom stereocenters. The molecule has 5 aliphatic carbocycles. The van der Waals surface area contributed by atoms with Gasteiger partial charge < -0.3 is 19.3 Å². The second-order valence-corrected chi connectivity index (χ2v) is 17.6. The van der Waals surface area contributed by atoms with Gasteiger partial charge in [0.15, 0.2) is 0 Å². The number of rotatable bonds is 6. The smallest absolute Gasteiger partial charge is 0.312 e. The first-order chi connectivity index (χ1) is 21.2. The number of fused-ring (bicyclic) bond motifs is 7. The highest BCUT2D eigenvalue weighted by Crippen LogP contribution is 2.78. The van der Waals surface area contributed by atoms with Gasteiger partial charge in [-0.2, -0.15) is 0 Å². The van der Waals surface area contributed by atoms with Gasteiger partial charge in [0.05, 0.1) is 18.1 Å². The Hall–Kier alpha value is -1.92. The molecule has 0 aromatic heterocycles. The van der Waals surface area contributed by atoms with Gasteiger partial charge >= 0.3 is 11.9 Å². The number of hydrogen-bond acceptors (Lipinski definition) is 6. The summed E-state index contributed by atoms with van der Waals surface area (Å²) in [5, 5.41) is 11.1. The highest BCUT2D eigenvalue weighted by Gasteiger charge is 2.74. The molecule has 0 spiro atoms. The number of epoxide rings is 1. The van der Waals surface area contributed by atoms with Crippen LogP contribution in [0.1, 0.15) is 111 Å². The van der Waals surface area contributed by atoms with Crippen molar-refractivity contribution in [1.29, 1.82) is 0 Å². The molecule has 1 heterocycles. The Morgan fingerprint density at radius 3 is 2.24 bits per heavy atom. The quantitative estimate of drug-likeness (QED) is 0.262. The van der Waals surface area contributed by atoms with Crippen molar-refractivity contribution < 1.29 is 28.9 Å². The van der Waals surface area contributed by atoms with Crippen LogP contribution in [0.5, 0.6) is 0 Å². The van der Waals surface area contributed by atoms with Crippen LogP contribution in [-0.2, 0) is 30.4 Å². The Kier molecular flexibility index (Phi) is 7.42. The van der Waals surface area contributed by atoms with Crippen LogP contribution in [0.15, 0.2) is 30.3 Å². The Bertz CT molecular complexity index is 1320. The number of benzene rings is 1. The summed E-state index contributed by atoms with van der Waals surface area (Å²) in [6, 6.07) is 10.0. The minimum atomic E-state index is -0.528. The lowest BCUT2D eigenvalue weighted by Crippen LogP contribution is -2.67. The van der Waals surface area contributed by atoms with E-state index < -0.39 is 11.0 Å². The largest absolute Gasteiger partial charge is 0.463 e. The van der Waals surface area contributed by atoms with E-state index in [1.54, 1.807) is 0 Å². The zero-order chi connectivity index (χ0) is 32.0. The minimum absolute atomic E-state index is 0.0323. The fraction of sp³-hybridized carbons (Fsp3) is 0.795. The Balaban J connectivity index is 1.24. The summed E-state index contributed by atoms with van der Waals surface area (Å²) in [7, 11) is 0. The molecule has 0 bridgehead atoms. The predicted molar refractivity (Wildman–Crippen MR) is 172 cm³/mol. The number of aliphatic hydroxyl groups is 1. The number of esters is 2. The zero-order valence-corrected chi connectivity index (χ0v) is 28.5. The van der Waals surface area contributed by atoms with E-state index in [-0.39, 0.29) is 58.1 Å². The molecule has 6 heteroatoms. The Morgan fingerprint density at radius 2 is 1.56 bits per heavy atom. The van der Waals surface area contributed by atoms with Crippen molar-refractivity contribution in [3.63, 3.8) is 0 Å². The number of hydrogen-bond donors (Lipinski definition) is 1. The normalized spacial score (nSPS) is 47.8. The molecule has 1 aliphatic heterocycles. The van der Waals surface area contributed by atoms with E-state index in [1.807, 2.05) is 30.3 Å². The first-order valence-electron chi connectivity index (χ1n) is 17.9. The molecule has 0 radical (unpaired) electrons. The Labute approximate surface area is 270 Å². The van der Waals surface area contributed by atoms with Crippen molar-refractivity contribution >= 4 is 11.9 Å². The summed E-state index contributed by atoms with van der Waals surface area (Å²) >= 11 is 0. The summed E-state index contributed by atoms with van der Waals surface area (Å²) in [5.41, 5.74) is 0.376. The molecule has 6 fully saturated rings. The lowest BCUT2D eigenvalue weighted by atomic mass is 9.32. The highest BCUT2D eigenvalue weighted by atomic mass is 16.6. The molecule has 11 atom stereocenters. The average molecular weight is 621 g/mol. The number of carbonyl (C=O) groups excluding carboxylic acids is 2. The van der Waals surface area contributed by atoms with Crippen LogP contribution >= 0.6 is 0 Å². The van der Waals surface area contributed by atoms with Gasteiger partial charge in [0.25, 0.3) is 0 Å². The molecule has 5 saturated carbocycles. The van der Waals surface area contributed by atoms with Gasteiger partial charge in [0.1, 0.15) is 18.8 Å². The van der Waals surface area contributed by atoms with Gasteiger partial charge in [0.2, 0.25) is 0 Å². The number of carbonyl (C=O) groups is 2. The van der Waals surface area contributed by atoms with Crippen molar-refractivity contribution in [3.8, 4) is 0 Å². The van der Waals surface area contributed by atoms with Crippen LogP contribution in [0.3, 0.4) is 0 Å². The van der Waals surface area contributed by atoms with E-state index in [2.05, 4.69) is 34.6 Å². The van der Waals surface area contributed by atoms with Crippen molar-refractivity contribution in [2.45, 2.75) is 124 Å². The lowest BCUT2D eigenvalue weighted by molar-refractivity contribution is -0.251. The molecule has 6 nitrogen and oxygen atoms in total. The standard InChI is InChI=1S/C39H56O6/c1-25(40)44-23-39(24-45-39)28-14-19-38(33(42)43-22-26-10-8-7-9-11-26)21-20-36(5)27(32(28)38)12-13-30-35(4)17-16-31(41)34(2,3)29(35)15-18-37(30,36)6/h7-11,27-32,41H,12-24H2,1-6H3/t27?,28-,29?,30?,31-,32?,35+,36-,37-,38+,39?/m1/s1. The maximum absolute atomic E-state index is 14.4. The molecular formula is C39H56O6. The van der Waals surface area contributed by atoms with Gasteiger partial charge in [-0.25, -0.2) is 0 Å². The maximum atomic E-state index is 14.4. The topological polar surface area (TPSA) is 85.4 Å². The van der Waals surface area contributed by atoms with Crippen LogP contribution < -0.4 is 0 Å². The van der Waals surface area contributed by atoms with Gasteiger partial charge in [0, 0.05) is 6.92 Å². The molecule has 45 heavy (non-hydrogen) atoms. The first kappa shape index (κ1) is 31.7. The summed E-state index contributed by atoms with van der Waals surface area (Å²) in [4.78, 5) is 26.4. The average Bonchev–Trinajstić information content (AvgIpc) is 3.69.